The van der Waals surface area contributed by atoms with E-state index in [1.54, 1.807) is 24.5 Å². The van der Waals surface area contributed by atoms with E-state index in [4.69, 9.17) is 10.5 Å². The maximum Gasteiger partial charge on any atom is 0.321 e. The number of hydrogen-bond donors (Lipinski definition) is 1. The molecule has 0 atom stereocenters. The maximum absolute atomic E-state index is 5.66. The van der Waals surface area contributed by atoms with Gasteiger partial charge in [0.15, 0.2) is 0 Å². The molecular formula is C10H7Br2N3O. The first-order valence-electron chi connectivity index (χ1n) is 4.35. The summed E-state index contributed by atoms with van der Waals surface area (Å²) in [4.78, 5) is 8.00. The van der Waals surface area contributed by atoms with Gasteiger partial charge in [-0.1, -0.05) is 0 Å². The lowest BCUT2D eigenvalue weighted by molar-refractivity contribution is 0.439. The predicted octanol–water partition coefficient (Wildman–Crippen LogP) is 3.38. The summed E-state index contributed by atoms with van der Waals surface area (Å²) in [5.41, 5.74) is 6.28. The molecule has 6 heteroatoms. The Bertz CT molecular complexity index is 502. The number of nitrogen functional groups attached to an aromatic ring is 1. The second-order valence-corrected chi connectivity index (χ2v) is 4.75. The predicted molar refractivity (Wildman–Crippen MR) is 68.4 cm³/mol. The number of ether oxygens (including phenoxy) is 1. The van der Waals surface area contributed by atoms with Gasteiger partial charge in [0.25, 0.3) is 0 Å². The molecular weight excluding hydrogens is 338 g/mol. The van der Waals surface area contributed by atoms with Gasteiger partial charge >= 0.3 is 6.01 Å². The van der Waals surface area contributed by atoms with Gasteiger partial charge in [0.2, 0.25) is 0 Å². The molecule has 2 N–H and O–H groups in total. The molecule has 2 aromatic rings. The van der Waals surface area contributed by atoms with Crippen molar-refractivity contribution < 1.29 is 4.74 Å². The van der Waals surface area contributed by atoms with Crippen molar-refractivity contribution in [3.8, 4) is 11.8 Å². The topological polar surface area (TPSA) is 61.0 Å². The largest absolute Gasteiger partial charge is 0.423 e. The minimum atomic E-state index is 0.273. The molecule has 0 amide bonds. The van der Waals surface area contributed by atoms with Gasteiger partial charge in [0.1, 0.15) is 5.75 Å². The minimum Gasteiger partial charge on any atom is -0.423 e. The maximum atomic E-state index is 5.66. The Morgan fingerprint density at radius 2 is 1.81 bits per heavy atom. The van der Waals surface area contributed by atoms with E-state index in [1.165, 1.54) is 0 Å². The molecule has 0 saturated carbocycles. The first kappa shape index (κ1) is 11.3. The highest BCUT2D eigenvalue weighted by Gasteiger charge is 2.05. The van der Waals surface area contributed by atoms with Crippen molar-refractivity contribution in [2.45, 2.75) is 0 Å². The number of rotatable bonds is 2. The van der Waals surface area contributed by atoms with Crippen LogP contribution in [-0.4, -0.2) is 9.97 Å². The van der Waals surface area contributed by atoms with Crippen molar-refractivity contribution in [3.05, 3.63) is 39.5 Å². The van der Waals surface area contributed by atoms with Gasteiger partial charge in [-0.15, -0.1) is 0 Å². The van der Waals surface area contributed by atoms with Crippen molar-refractivity contribution in [2.24, 2.45) is 0 Å². The molecule has 0 aliphatic rings. The molecule has 0 fully saturated rings. The highest BCUT2D eigenvalue weighted by molar-refractivity contribution is 9.10. The second kappa shape index (κ2) is 4.80. The lowest BCUT2D eigenvalue weighted by Gasteiger charge is -2.06. The summed E-state index contributed by atoms with van der Waals surface area (Å²) in [6.07, 6.45) is 3.23. The van der Waals surface area contributed by atoms with Crippen LogP contribution in [0.1, 0.15) is 0 Å². The van der Waals surface area contributed by atoms with Gasteiger partial charge in [-0.25, -0.2) is 9.97 Å². The number of nitrogens with two attached hydrogens (primary N) is 1. The molecule has 0 radical (unpaired) electrons. The molecule has 0 aliphatic heterocycles. The summed E-state index contributed by atoms with van der Waals surface area (Å²) in [6, 6.07) is 5.56. The van der Waals surface area contributed by atoms with Gasteiger partial charge in [-0.05, 0) is 44.0 Å². The third-order valence-corrected chi connectivity index (χ3v) is 2.82. The third kappa shape index (κ3) is 2.70. The second-order valence-electron chi connectivity index (χ2n) is 2.98. The van der Waals surface area contributed by atoms with E-state index in [1.807, 2.05) is 6.07 Å². The fourth-order valence-corrected chi connectivity index (χ4v) is 1.58. The molecule has 1 aromatic heterocycles. The lowest BCUT2D eigenvalue weighted by Crippen LogP contribution is -1.93. The van der Waals surface area contributed by atoms with Gasteiger partial charge in [0.05, 0.1) is 8.95 Å². The first-order chi connectivity index (χ1) is 7.65. The Labute approximate surface area is 109 Å². The molecule has 16 heavy (non-hydrogen) atoms. The number of nitrogens with zero attached hydrogens (tertiary/aromatic N) is 2. The number of halogens is 2. The number of benzene rings is 1. The van der Waals surface area contributed by atoms with Crippen molar-refractivity contribution in [3.63, 3.8) is 0 Å². The minimum absolute atomic E-state index is 0.273. The summed E-state index contributed by atoms with van der Waals surface area (Å²) < 4.78 is 7.07. The molecule has 2 rings (SSSR count). The van der Waals surface area contributed by atoms with Crippen LogP contribution in [0.4, 0.5) is 5.69 Å². The normalized spacial score (nSPS) is 10.1. The Kier molecular flexibility index (Phi) is 3.40. The van der Waals surface area contributed by atoms with Crippen molar-refractivity contribution in [1.82, 2.24) is 9.97 Å². The van der Waals surface area contributed by atoms with E-state index in [0.29, 0.717) is 11.4 Å². The summed E-state index contributed by atoms with van der Waals surface area (Å²) in [7, 11) is 0. The van der Waals surface area contributed by atoms with E-state index >= 15 is 0 Å². The fourth-order valence-electron chi connectivity index (χ4n) is 1.05. The highest BCUT2D eigenvalue weighted by atomic mass is 79.9. The Hall–Kier alpha value is -1.14. The average molecular weight is 345 g/mol. The number of aromatic nitrogens is 2. The van der Waals surface area contributed by atoms with Crippen LogP contribution in [-0.2, 0) is 0 Å². The quantitative estimate of drug-likeness (QED) is 0.848. The first-order valence-corrected chi connectivity index (χ1v) is 5.94. The standard InChI is InChI=1S/C10H7Br2N3O/c11-6-4-14-10(15-5-6)16-9-3-7(13)1-2-8(9)12/h1-5H,13H2. The number of anilines is 1. The molecule has 82 valence electrons. The average Bonchev–Trinajstić information content (AvgIpc) is 2.27. The SMILES string of the molecule is Nc1ccc(Br)c(Oc2ncc(Br)cn2)c1. The molecule has 0 aliphatic carbocycles. The molecule has 0 bridgehead atoms. The monoisotopic (exact) mass is 343 g/mol. The van der Waals surface area contributed by atoms with E-state index in [-0.39, 0.29) is 6.01 Å². The number of hydrogen-bond acceptors (Lipinski definition) is 4. The van der Waals surface area contributed by atoms with Crippen LogP contribution in [0.3, 0.4) is 0 Å². The van der Waals surface area contributed by atoms with Crippen molar-refractivity contribution in [1.29, 1.82) is 0 Å². The van der Waals surface area contributed by atoms with E-state index in [0.717, 1.165) is 8.95 Å². The summed E-state index contributed by atoms with van der Waals surface area (Å²) >= 11 is 6.60. The van der Waals surface area contributed by atoms with Gasteiger partial charge < -0.3 is 10.5 Å². The zero-order chi connectivity index (χ0) is 11.5. The van der Waals surface area contributed by atoms with Crippen LogP contribution in [0.25, 0.3) is 0 Å². The van der Waals surface area contributed by atoms with Gasteiger partial charge in [-0.3, -0.25) is 0 Å². The van der Waals surface area contributed by atoms with Crippen LogP contribution in [0.15, 0.2) is 39.5 Å². The Morgan fingerprint density at radius 3 is 2.50 bits per heavy atom. The van der Waals surface area contributed by atoms with E-state index in [2.05, 4.69) is 41.8 Å². The Balaban J connectivity index is 2.26. The van der Waals surface area contributed by atoms with Crippen molar-refractivity contribution in [2.75, 3.05) is 5.73 Å². The van der Waals surface area contributed by atoms with Crippen LogP contribution in [0.2, 0.25) is 0 Å². The van der Waals surface area contributed by atoms with Crippen LogP contribution >= 0.6 is 31.9 Å². The molecule has 0 unspecified atom stereocenters. The van der Waals surface area contributed by atoms with Crippen LogP contribution in [0, 0.1) is 0 Å². The van der Waals surface area contributed by atoms with E-state index < -0.39 is 0 Å². The summed E-state index contributed by atoms with van der Waals surface area (Å²) in [5, 5.41) is 0. The Morgan fingerprint density at radius 1 is 1.12 bits per heavy atom. The zero-order valence-electron chi connectivity index (χ0n) is 8.02. The van der Waals surface area contributed by atoms with Gasteiger partial charge in [0, 0.05) is 24.1 Å². The third-order valence-electron chi connectivity index (χ3n) is 1.75. The highest BCUT2D eigenvalue weighted by Crippen LogP contribution is 2.29. The van der Waals surface area contributed by atoms with E-state index in [9.17, 15) is 0 Å². The van der Waals surface area contributed by atoms with Gasteiger partial charge in [-0.2, -0.15) is 0 Å². The fraction of sp³-hybridized carbons (Fsp3) is 0. The molecule has 1 heterocycles. The molecule has 0 saturated heterocycles. The summed E-state index contributed by atoms with van der Waals surface area (Å²) in [5.74, 6) is 0.585. The van der Waals surface area contributed by atoms with Crippen LogP contribution in [0.5, 0.6) is 11.8 Å². The molecule has 0 spiro atoms. The molecule has 1 aromatic carbocycles. The smallest absolute Gasteiger partial charge is 0.321 e. The van der Waals surface area contributed by atoms with Crippen molar-refractivity contribution >= 4 is 37.5 Å². The molecule has 4 nitrogen and oxygen atoms in total. The zero-order valence-corrected chi connectivity index (χ0v) is 11.2. The summed E-state index contributed by atoms with van der Waals surface area (Å²) in [6.45, 7) is 0. The van der Waals surface area contributed by atoms with Crippen LogP contribution < -0.4 is 10.5 Å². The lowest BCUT2D eigenvalue weighted by atomic mass is 10.3.